The summed E-state index contributed by atoms with van der Waals surface area (Å²) in [6, 6.07) is 16.5. The predicted octanol–water partition coefficient (Wildman–Crippen LogP) is 6.31. The maximum Gasteiger partial charge on any atom is 0.175 e. The molecule has 0 atom stereocenters. The van der Waals surface area contributed by atoms with Gasteiger partial charge in [-0.25, -0.2) is 8.78 Å². The molecular formula is C21H12ClF2NO2. The summed E-state index contributed by atoms with van der Waals surface area (Å²) >= 11 is 6.29. The fraction of sp³-hybridized carbons (Fsp3) is 0. The Morgan fingerprint density at radius 3 is 2.33 bits per heavy atom. The van der Waals surface area contributed by atoms with E-state index in [0.717, 1.165) is 6.07 Å². The second-order valence-electron chi connectivity index (χ2n) is 5.89. The fourth-order valence-corrected chi connectivity index (χ4v) is 3.10. The third kappa shape index (κ3) is 3.17. The maximum absolute atomic E-state index is 14.6. The Bertz CT molecular complexity index is 1120. The average molecular weight is 384 g/mol. The molecule has 0 fully saturated rings. The van der Waals surface area contributed by atoms with Gasteiger partial charge >= 0.3 is 0 Å². The molecule has 4 rings (SSSR count). The van der Waals surface area contributed by atoms with E-state index < -0.39 is 11.6 Å². The molecule has 3 nitrogen and oxygen atoms in total. The largest absolute Gasteiger partial charge is 0.508 e. The summed E-state index contributed by atoms with van der Waals surface area (Å²) in [5, 5.41) is 14.0. The number of phenolic OH excluding ortho intramolecular Hbond substituents is 1. The Balaban J connectivity index is 2.01. The van der Waals surface area contributed by atoms with Gasteiger partial charge in [-0.2, -0.15) is 0 Å². The summed E-state index contributed by atoms with van der Waals surface area (Å²) in [7, 11) is 0. The molecule has 3 aromatic carbocycles. The van der Waals surface area contributed by atoms with Crippen LogP contribution < -0.4 is 0 Å². The van der Waals surface area contributed by atoms with Crippen LogP contribution in [0.15, 0.2) is 71.3 Å². The normalized spacial score (nSPS) is 10.9. The number of hydrogen-bond acceptors (Lipinski definition) is 3. The van der Waals surface area contributed by atoms with Crippen molar-refractivity contribution in [2.45, 2.75) is 0 Å². The molecular weight excluding hydrogens is 372 g/mol. The van der Waals surface area contributed by atoms with Crippen molar-refractivity contribution < 1.29 is 18.4 Å². The van der Waals surface area contributed by atoms with Gasteiger partial charge in [-0.1, -0.05) is 35.0 Å². The van der Waals surface area contributed by atoms with E-state index in [2.05, 4.69) is 5.16 Å². The van der Waals surface area contributed by atoms with E-state index in [1.807, 2.05) is 0 Å². The summed E-state index contributed by atoms with van der Waals surface area (Å²) in [5.41, 5.74) is 1.97. The summed E-state index contributed by atoms with van der Waals surface area (Å²) in [4.78, 5) is 0. The SMILES string of the molecule is Oc1ccc(-c2onc(-c3ccccc3Cl)c2-c2ccc(F)cc2F)cc1. The zero-order valence-electron chi connectivity index (χ0n) is 13.8. The third-order valence-electron chi connectivity index (χ3n) is 4.15. The standard InChI is InChI=1S/C21H12ClF2NO2/c22-17-4-2-1-3-15(17)20-19(16-10-7-13(23)11-18(16)24)21(27-25-20)12-5-8-14(26)9-6-12/h1-11,26H. The number of aromatic nitrogens is 1. The van der Waals surface area contributed by atoms with E-state index in [-0.39, 0.29) is 17.1 Å². The highest BCUT2D eigenvalue weighted by Crippen LogP contribution is 2.43. The second-order valence-corrected chi connectivity index (χ2v) is 6.29. The Labute approximate surface area is 158 Å². The van der Waals surface area contributed by atoms with E-state index in [1.54, 1.807) is 36.4 Å². The van der Waals surface area contributed by atoms with Crippen LogP contribution in [0.5, 0.6) is 5.75 Å². The fourth-order valence-electron chi connectivity index (χ4n) is 2.88. The van der Waals surface area contributed by atoms with Gasteiger partial charge in [0.2, 0.25) is 0 Å². The van der Waals surface area contributed by atoms with Gasteiger partial charge in [-0.3, -0.25) is 0 Å². The molecule has 1 aromatic heterocycles. The molecule has 4 aromatic rings. The molecule has 0 radical (unpaired) electrons. The van der Waals surface area contributed by atoms with E-state index in [9.17, 15) is 13.9 Å². The van der Waals surface area contributed by atoms with E-state index in [1.165, 1.54) is 24.3 Å². The van der Waals surface area contributed by atoms with Crippen LogP contribution >= 0.6 is 11.6 Å². The maximum atomic E-state index is 14.6. The van der Waals surface area contributed by atoms with Gasteiger partial charge in [0.25, 0.3) is 0 Å². The van der Waals surface area contributed by atoms with E-state index in [4.69, 9.17) is 16.1 Å². The molecule has 0 saturated heterocycles. The van der Waals surface area contributed by atoms with Crippen LogP contribution in [0.25, 0.3) is 33.7 Å². The lowest BCUT2D eigenvalue weighted by molar-refractivity contribution is 0.435. The smallest absolute Gasteiger partial charge is 0.175 e. The highest BCUT2D eigenvalue weighted by molar-refractivity contribution is 6.33. The van der Waals surface area contributed by atoms with Crippen molar-refractivity contribution in [1.29, 1.82) is 0 Å². The van der Waals surface area contributed by atoms with Crippen LogP contribution in [0.2, 0.25) is 5.02 Å². The minimum Gasteiger partial charge on any atom is -0.508 e. The molecule has 1 heterocycles. The van der Waals surface area contributed by atoms with Crippen molar-refractivity contribution in [2.75, 3.05) is 0 Å². The summed E-state index contributed by atoms with van der Waals surface area (Å²) in [6.45, 7) is 0. The Kier molecular flexibility index (Phi) is 4.38. The number of rotatable bonds is 3. The molecule has 0 unspecified atom stereocenters. The molecule has 0 bridgehead atoms. The summed E-state index contributed by atoms with van der Waals surface area (Å²) in [6.07, 6.45) is 0. The molecule has 0 amide bonds. The van der Waals surface area contributed by atoms with Crippen LogP contribution in [0.4, 0.5) is 8.78 Å². The molecule has 0 aliphatic rings. The van der Waals surface area contributed by atoms with Crippen molar-refractivity contribution in [3.63, 3.8) is 0 Å². The van der Waals surface area contributed by atoms with Crippen LogP contribution in [0.3, 0.4) is 0 Å². The number of nitrogens with zero attached hydrogens (tertiary/aromatic N) is 1. The van der Waals surface area contributed by atoms with E-state index in [0.29, 0.717) is 27.4 Å². The first-order valence-electron chi connectivity index (χ1n) is 8.04. The first-order valence-corrected chi connectivity index (χ1v) is 8.42. The molecule has 27 heavy (non-hydrogen) atoms. The Morgan fingerprint density at radius 2 is 1.63 bits per heavy atom. The summed E-state index contributed by atoms with van der Waals surface area (Å²) in [5.74, 6) is -1.06. The van der Waals surface area contributed by atoms with Gasteiger partial charge in [-0.15, -0.1) is 0 Å². The van der Waals surface area contributed by atoms with Crippen LogP contribution in [-0.4, -0.2) is 10.3 Å². The van der Waals surface area contributed by atoms with Gasteiger partial charge in [0.1, 0.15) is 23.1 Å². The highest BCUT2D eigenvalue weighted by atomic mass is 35.5. The third-order valence-corrected chi connectivity index (χ3v) is 4.48. The average Bonchev–Trinajstić information content (AvgIpc) is 3.07. The second kappa shape index (κ2) is 6.85. The topological polar surface area (TPSA) is 46.3 Å². The van der Waals surface area contributed by atoms with Gasteiger partial charge in [0.05, 0.1) is 10.6 Å². The Hall–Kier alpha value is -3.18. The van der Waals surface area contributed by atoms with Crippen molar-refractivity contribution in [1.82, 2.24) is 5.16 Å². The number of aromatic hydroxyl groups is 1. The number of hydrogen-bond donors (Lipinski definition) is 1. The first-order chi connectivity index (χ1) is 13.0. The van der Waals surface area contributed by atoms with Gasteiger partial charge in [-0.05, 0) is 42.5 Å². The monoisotopic (exact) mass is 383 g/mol. The number of benzene rings is 3. The highest BCUT2D eigenvalue weighted by Gasteiger charge is 2.24. The molecule has 6 heteroatoms. The Morgan fingerprint density at radius 1 is 0.889 bits per heavy atom. The van der Waals surface area contributed by atoms with Gasteiger partial charge < -0.3 is 9.63 Å². The minimum absolute atomic E-state index is 0.0825. The number of phenols is 1. The lowest BCUT2D eigenvalue weighted by atomic mass is 9.96. The van der Waals surface area contributed by atoms with Crippen molar-refractivity contribution >= 4 is 11.6 Å². The van der Waals surface area contributed by atoms with Gasteiger partial charge in [0, 0.05) is 22.8 Å². The van der Waals surface area contributed by atoms with Crippen LogP contribution in [0.1, 0.15) is 0 Å². The molecule has 0 saturated carbocycles. The molecule has 0 spiro atoms. The lowest BCUT2D eigenvalue weighted by Crippen LogP contribution is -1.90. The zero-order valence-corrected chi connectivity index (χ0v) is 14.5. The summed E-state index contributed by atoms with van der Waals surface area (Å²) < 4.78 is 33.5. The van der Waals surface area contributed by atoms with Crippen LogP contribution in [0, 0.1) is 11.6 Å². The van der Waals surface area contributed by atoms with Gasteiger partial charge in [0.15, 0.2) is 5.76 Å². The minimum atomic E-state index is -0.744. The first kappa shape index (κ1) is 17.2. The van der Waals surface area contributed by atoms with Crippen molar-refractivity contribution in [2.24, 2.45) is 0 Å². The van der Waals surface area contributed by atoms with Crippen molar-refractivity contribution in [3.8, 4) is 39.5 Å². The molecule has 1 N–H and O–H groups in total. The molecule has 0 aliphatic carbocycles. The quantitative estimate of drug-likeness (QED) is 0.450. The lowest BCUT2D eigenvalue weighted by Gasteiger charge is -2.08. The molecule has 0 aliphatic heterocycles. The predicted molar refractivity (Wildman–Crippen MR) is 99.4 cm³/mol. The zero-order chi connectivity index (χ0) is 19.0. The van der Waals surface area contributed by atoms with Crippen molar-refractivity contribution in [3.05, 3.63) is 83.4 Å². The number of halogens is 3. The van der Waals surface area contributed by atoms with E-state index >= 15 is 0 Å². The van der Waals surface area contributed by atoms with Crippen LogP contribution in [-0.2, 0) is 0 Å². The molecule has 134 valence electrons.